The summed E-state index contributed by atoms with van der Waals surface area (Å²) in [7, 11) is 0. The smallest absolute Gasteiger partial charge is 0.354 e. The number of hydrogen-bond acceptors (Lipinski definition) is 7. The van der Waals surface area contributed by atoms with Crippen molar-refractivity contribution in [1.29, 1.82) is 0 Å². The minimum atomic E-state index is -0.297. The fourth-order valence-electron chi connectivity index (χ4n) is 2.37. The van der Waals surface area contributed by atoms with Gasteiger partial charge in [-0.2, -0.15) is 4.57 Å². The molecule has 0 saturated carbocycles. The topological polar surface area (TPSA) is 59.7 Å². The maximum atomic E-state index is 11.9. The number of halogens is 1. The summed E-state index contributed by atoms with van der Waals surface area (Å²) in [6.45, 7) is 9.89. The normalized spacial score (nSPS) is 14.9. The summed E-state index contributed by atoms with van der Waals surface area (Å²) in [5.41, 5.74) is 0. The Kier molecular flexibility index (Phi) is 10.3. The Labute approximate surface area is 180 Å². The van der Waals surface area contributed by atoms with Crippen molar-refractivity contribution in [3.05, 3.63) is 44.4 Å². The summed E-state index contributed by atoms with van der Waals surface area (Å²) in [5, 5.41) is 1.92. The third-order valence-corrected chi connectivity index (χ3v) is 5.80. The molecule has 0 unspecified atom stereocenters. The van der Waals surface area contributed by atoms with Crippen LogP contribution in [0.5, 0.6) is 0 Å². The van der Waals surface area contributed by atoms with E-state index in [-0.39, 0.29) is 24.3 Å². The summed E-state index contributed by atoms with van der Waals surface area (Å²) in [6, 6.07) is 0. The number of allylic oxidation sites excluding steroid dienone is 2. The number of carbonyl (C=O) groups is 2. The predicted molar refractivity (Wildman–Crippen MR) is 108 cm³/mol. The molecule has 28 heavy (non-hydrogen) atoms. The Morgan fingerprint density at radius 1 is 1.14 bits per heavy atom. The zero-order valence-electron chi connectivity index (χ0n) is 16.4. The van der Waals surface area contributed by atoms with Crippen LogP contribution in [0.3, 0.4) is 0 Å². The van der Waals surface area contributed by atoms with Crippen LogP contribution in [0.4, 0.5) is 0 Å². The summed E-state index contributed by atoms with van der Waals surface area (Å²) < 4.78 is 12.1. The standard InChI is InChI=1S/C19H25N2O4S2.ClH/c1-5-20-12-14(18(22)24-7-3)26-16(20)10-9-11-17-21(6-2)13-15(27-17)19(23)25-8-4;/h9-13H,5-8H2,1-4H3;1H/q+1;/p-1. The summed E-state index contributed by atoms with van der Waals surface area (Å²) >= 11 is 2.80. The van der Waals surface area contributed by atoms with E-state index in [1.807, 2.05) is 53.9 Å². The van der Waals surface area contributed by atoms with Gasteiger partial charge in [-0.05, 0) is 33.8 Å². The lowest BCUT2D eigenvalue weighted by Crippen LogP contribution is -3.00. The number of esters is 2. The van der Waals surface area contributed by atoms with Gasteiger partial charge in [0.1, 0.15) is 11.4 Å². The minimum Gasteiger partial charge on any atom is -1.00 e. The van der Waals surface area contributed by atoms with Crippen molar-refractivity contribution in [3.63, 3.8) is 0 Å². The number of thioether (sulfide) groups is 1. The molecule has 0 aromatic carbocycles. The second-order valence-electron chi connectivity index (χ2n) is 5.41. The summed E-state index contributed by atoms with van der Waals surface area (Å²) in [4.78, 5) is 27.0. The molecule has 0 fully saturated rings. The number of aromatic nitrogens is 1. The lowest BCUT2D eigenvalue weighted by molar-refractivity contribution is -0.690. The average Bonchev–Trinajstić information content (AvgIpc) is 3.26. The molecule has 0 aliphatic carbocycles. The van der Waals surface area contributed by atoms with E-state index in [1.165, 1.54) is 23.1 Å². The van der Waals surface area contributed by atoms with Crippen molar-refractivity contribution in [3.8, 4) is 0 Å². The minimum absolute atomic E-state index is 0. The predicted octanol–water partition coefficient (Wildman–Crippen LogP) is 0.564. The van der Waals surface area contributed by atoms with Gasteiger partial charge in [0.15, 0.2) is 11.1 Å². The van der Waals surface area contributed by atoms with Gasteiger partial charge in [-0.3, -0.25) is 0 Å². The van der Waals surface area contributed by atoms with Gasteiger partial charge >= 0.3 is 11.9 Å². The molecule has 0 amide bonds. The third kappa shape index (κ3) is 6.12. The van der Waals surface area contributed by atoms with Crippen molar-refractivity contribution in [2.45, 2.75) is 34.2 Å². The number of rotatable bonds is 8. The molecule has 1 aliphatic rings. The van der Waals surface area contributed by atoms with Gasteiger partial charge in [-0.25, -0.2) is 9.59 Å². The van der Waals surface area contributed by atoms with E-state index >= 15 is 0 Å². The first-order valence-corrected chi connectivity index (χ1v) is 10.6. The number of nitrogens with zero attached hydrogens (tertiary/aromatic N) is 2. The van der Waals surface area contributed by atoms with Crippen LogP contribution in [-0.2, 0) is 20.8 Å². The Balaban J connectivity index is 0.00000392. The Hall–Kier alpha value is -1.77. The molecule has 0 radical (unpaired) electrons. The Morgan fingerprint density at radius 3 is 2.43 bits per heavy atom. The second-order valence-corrected chi connectivity index (χ2v) is 7.53. The van der Waals surface area contributed by atoms with Gasteiger partial charge in [0, 0.05) is 18.8 Å². The average molecular weight is 445 g/mol. The monoisotopic (exact) mass is 444 g/mol. The quantitative estimate of drug-likeness (QED) is 0.431. The van der Waals surface area contributed by atoms with Crippen molar-refractivity contribution < 1.29 is 36.0 Å². The SMILES string of the molecule is CCOC(=O)C1=CN(CC)C(=CC=Cc2sc(C(=O)OCC)c[n+]2CC)S1.[Cl-]. The first kappa shape index (κ1) is 24.3. The second kappa shape index (κ2) is 11.9. The maximum absolute atomic E-state index is 11.9. The fraction of sp³-hybridized carbons (Fsp3) is 0.421. The van der Waals surface area contributed by atoms with Crippen molar-refractivity contribution in [1.82, 2.24) is 4.90 Å². The van der Waals surface area contributed by atoms with Crippen molar-refractivity contribution >= 4 is 41.1 Å². The molecule has 6 nitrogen and oxygen atoms in total. The highest BCUT2D eigenvalue weighted by Gasteiger charge is 2.24. The number of ether oxygens (including phenoxy) is 2. The van der Waals surface area contributed by atoms with Crippen LogP contribution >= 0.6 is 23.1 Å². The molecule has 0 saturated heterocycles. The Bertz CT molecular complexity index is 787. The van der Waals surface area contributed by atoms with Gasteiger partial charge in [0.2, 0.25) is 0 Å². The molecule has 0 spiro atoms. The van der Waals surface area contributed by atoms with Crippen LogP contribution in [0.15, 0.2) is 34.5 Å². The van der Waals surface area contributed by atoms with Gasteiger partial charge in [0.25, 0.3) is 5.01 Å². The largest absolute Gasteiger partial charge is 1.00 e. The van der Waals surface area contributed by atoms with E-state index in [4.69, 9.17) is 9.47 Å². The zero-order chi connectivity index (χ0) is 19.8. The van der Waals surface area contributed by atoms with E-state index < -0.39 is 0 Å². The highest BCUT2D eigenvalue weighted by atomic mass is 35.5. The number of hydrogen-bond donors (Lipinski definition) is 0. The van der Waals surface area contributed by atoms with Gasteiger partial charge < -0.3 is 26.8 Å². The van der Waals surface area contributed by atoms with Crippen LogP contribution in [0.25, 0.3) is 6.08 Å². The molecule has 1 aromatic rings. The molecule has 2 heterocycles. The highest BCUT2D eigenvalue weighted by Crippen LogP contribution is 2.36. The summed E-state index contributed by atoms with van der Waals surface area (Å²) in [5.74, 6) is -0.594. The van der Waals surface area contributed by atoms with E-state index in [9.17, 15) is 9.59 Å². The molecule has 0 atom stereocenters. The number of carbonyl (C=O) groups excluding carboxylic acids is 2. The van der Waals surface area contributed by atoms with Crippen LogP contribution in [0, 0.1) is 0 Å². The number of thiazole rings is 1. The molecule has 154 valence electrons. The number of aryl methyl sites for hydroxylation is 1. The lowest BCUT2D eigenvalue weighted by Gasteiger charge is -2.12. The van der Waals surface area contributed by atoms with Crippen molar-refractivity contribution in [2.24, 2.45) is 0 Å². The molecule has 1 aliphatic heterocycles. The van der Waals surface area contributed by atoms with Crippen LogP contribution in [0.2, 0.25) is 0 Å². The molecular weight excluding hydrogens is 420 g/mol. The van der Waals surface area contributed by atoms with Gasteiger partial charge in [-0.15, -0.1) is 0 Å². The van der Waals surface area contributed by atoms with E-state index in [1.54, 1.807) is 13.8 Å². The third-order valence-electron chi connectivity index (χ3n) is 3.65. The first-order valence-electron chi connectivity index (χ1n) is 8.96. The maximum Gasteiger partial charge on any atom is 0.354 e. The molecule has 0 bridgehead atoms. The Morgan fingerprint density at radius 2 is 1.82 bits per heavy atom. The molecule has 0 N–H and O–H groups in total. The van der Waals surface area contributed by atoms with E-state index in [2.05, 4.69) is 0 Å². The van der Waals surface area contributed by atoms with Crippen LogP contribution in [-0.4, -0.2) is 36.6 Å². The summed E-state index contributed by atoms with van der Waals surface area (Å²) in [6.07, 6.45) is 9.48. The lowest BCUT2D eigenvalue weighted by atomic mass is 10.4. The molecule has 1 aromatic heterocycles. The van der Waals surface area contributed by atoms with E-state index in [0.717, 1.165) is 23.1 Å². The van der Waals surface area contributed by atoms with E-state index in [0.29, 0.717) is 23.0 Å². The molecule has 9 heteroatoms. The first-order chi connectivity index (χ1) is 13.0. The van der Waals surface area contributed by atoms with Crippen LogP contribution < -0.4 is 17.0 Å². The molecular formula is C19H25ClN2O4S2. The van der Waals surface area contributed by atoms with Crippen molar-refractivity contribution in [2.75, 3.05) is 19.8 Å². The van der Waals surface area contributed by atoms with Gasteiger partial charge in [-0.1, -0.05) is 29.2 Å². The fourth-order valence-corrected chi connectivity index (χ4v) is 4.35. The van der Waals surface area contributed by atoms with Crippen LogP contribution in [0.1, 0.15) is 42.4 Å². The zero-order valence-corrected chi connectivity index (χ0v) is 18.8. The highest BCUT2D eigenvalue weighted by molar-refractivity contribution is 8.07. The molecule has 2 rings (SSSR count). The van der Waals surface area contributed by atoms with Gasteiger partial charge in [0.05, 0.1) is 18.2 Å².